The molecule has 1 aliphatic heterocycles. The molecule has 0 spiro atoms. The van der Waals surface area contributed by atoms with E-state index < -0.39 is 0 Å². The van der Waals surface area contributed by atoms with E-state index in [1.54, 1.807) is 5.38 Å². The highest BCUT2D eigenvalue weighted by molar-refractivity contribution is 7.09. The van der Waals surface area contributed by atoms with Crippen LogP contribution in [0.25, 0.3) is 0 Å². The standard InChI is InChI=1S/C17H22N4OS/c1-12-5-7-21(8-6-12)16-4-3-14(9-18-16)10-19-17(22)15-11-23-13(2)20-15/h3-4,9,11-12H,5-8,10H2,1-2H3,(H,19,22). The molecule has 23 heavy (non-hydrogen) atoms. The summed E-state index contributed by atoms with van der Waals surface area (Å²) in [6.07, 6.45) is 4.30. The Kier molecular flexibility index (Phi) is 4.91. The second-order valence-electron chi connectivity index (χ2n) is 6.13. The first kappa shape index (κ1) is 15.9. The number of aryl methyl sites for hydroxylation is 1. The molecule has 0 radical (unpaired) electrons. The minimum Gasteiger partial charge on any atom is -0.357 e. The molecule has 5 nitrogen and oxygen atoms in total. The highest BCUT2D eigenvalue weighted by Gasteiger charge is 2.16. The van der Waals surface area contributed by atoms with Crippen molar-refractivity contribution in [3.63, 3.8) is 0 Å². The van der Waals surface area contributed by atoms with Gasteiger partial charge in [-0.1, -0.05) is 13.0 Å². The monoisotopic (exact) mass is 330 g/mol. The maximum atomic E-state index is 12.0. The maximum absolute atomic E-state index is 12.0. The van der Waals surface area contributed by atoms with Gasteiger partial charge in [-0.3, -0.25) is 4.79 Å². The molecule has 0 aliphatic carbocycles. The first-order valence-electron chi connectivity index (χ1n) is 8.02. The van der Waals surface area contributed by atoms with Crippen LogP contribution in [0.3, 0.4) is 0 Å². The summed E-state index contributed by atoms with van der Waals surface area (Å²) in [4.78, 5) is 23.0. The van der Waals surface area contributed by atoms with Crippen LogP contribution in [0.15, 0.2) is 23.7 Å². The van der Waals surface area contributed by atoms with Crippen LogP contribution in [-0.4, -0.2) is 29.0 Å². The van der Waals surface area contributed by atoms with Crippen LogP contribution < -0.4 is 10.2 Å². The summed E-state index contributed by atoms with van der Waals surface area (Å²) < 4.78 is 0. The molecule has 2 aromatic rings. The number of rotatable bonds is 4. The molecule has 122 valence electrons. The van der Waals surface area contributed by atoms with Gasteiger partial charge in [0.05, 0.1) is 5.01 Å². The summed E-state index contributed by atoms with van der Waals surface area (Å²) in [6, 6.07) is 4.08. The molecular formula is C17H22N4OS. The predicted octanol–water partition coefficient (Wildman–Crippen LogP) is 3.01. The van der Waals surface area contributed by atoms with Crippen molar-refractivity contribution in [2.75, 3.05) is 18.0 Å². The van der Waals surface area contributed by atoms with Crippen LogP contribution >= 0.6 is 11.3 Å². The molecular weight excluding hydrogens is 308 g/mol. The molecule has 1 amide bonds. The number of aromatic nitrogens is 2. The molecule has 1 fully saturated rings. The van der Waals surface area contributed by atoms with Gasteiger partial charge in [0, 0.05) is 31.2 Å². The van der Waals surface area contributed by atoms with Gasteiger partial charge in [-0.25, -0.2) is 9.97 Å². The number of anilines is 1. The first-order chi connectivity index (χ1) is 11.1. The zero-order valence-electron chi connectivity index (χ0n) is 13.6. The minimum absolute atomic E-state index is 0.136. The topological polar surface area (TPSA) is 58.1 Å². The fourth-order valence-electron chi connectivity index (χ4n) is 2.69. The summed E-state index contributed by atoms with van der Waals surface area (Å²) in [5.74, 6) is 1.71. The van der Waals surface area contributed by atoms with Gasteiger partial charge in [-0.05, 0) is 37.3 Å². The van der Waals surface area contributed by atoms with Crippen LogP contribution in [0, 0.1) is 12.8 Å². The van der Waals surface area contributed by atoms with Gasteiger partial charge in [-0.15, -0.1) is 11.3 Å². The summed E-state index contributed by atoms with van der Waals surface area (Å²) >= 11 is 1.48. The highest BCUT2D eigenvalue weighted by atomic mass is 32.1. The third-order valence-corrected chi connectivity index (χ3v) is 4.99. The zero-order chi connectivity index (χ0) is 16.2. The molecule has 1 aliphatic rings. The number of nitrogens with zero attached hydrogens (tertiary/aromatic N) is 3. The van der Waals surface area contributed by atoms with E-state index in [-0.39, 0.29) is 5.91 Å². The minimum atomic E-state index is -0.136. The molecule has 3 heterocycles. The van der Waals surface area contributed by atoms with Gasteiger partial charge in [0.25, 0.3) is 5.91 Å². The average molecular weight is 330 g/mol. The van der Waals surface area contributed by atoms with Gasteiger partial charge < -0.3 is 10.2 Å². The Morgan fingerprint density at radius 3 is 2.78 bits per heavy atom. The van der Waals surface area contributed by atoms with E-state index in [1.165, 1.54) is 24.2 Å². The fraction of sp³-hybridized carbons (Fsp3) is 0.471. The van der Waals surface area contributed by atoms with Crippen molar-refractivity contribution >= 4 is 23.1 Å². The van der Waals surface area contributed by atoms with Gasteiger partial charge in [0.1, 0.15) is 11.5 Å². The third kappa shape index (κ3) is 4.07. The van der Waals surface area contributed by atoms with Crippen molar-refractivity contribution < 1.29 is 4.79 Å². The second-order valence-corrected chi connectivity index (χ2v) is 7.19. The van der Waals surface area contributed by atoms with E-state index in [2.05, 4.69) is 27.1 Å². The van der Waals surface area contributed by atoms with Crippen molar-refractivity contribution in [1.82, 2.24) is 15.3 Å². The van der Waals surface area contributed by atoms with Crippen molar-refractivity contribution in [2.45, 2.75) is 33.2 Å². The quantitative estimate of drug-likeness (QED) is 0.936. The van der Waals surface area contributed by atoms with Crippen LogP contribution in [0.2, 0.25) is 0 Å². The van der Waals surface area contributed by atoms with E-state index in [9.17, 15) is 4.79 Å². The van der Waals surface area contributed by atoms with E-state index in [0.29, 0.717) is 12.2 Å². The van der Waals surface area contributed by atoms with Crippen LogP contribution in [0.4, 0.5) is 5.82 Å². The number of piperidine rings is 1. The number of carbonyl (C=O) groups excluding carboxylic acids is 1. The lowest BCUT2D eigenvalue weighted by atomic mass is 9.99. The number of pyridine rings is 1. The Hall–Kier alpha value is -1.95. The molecule has 0 saturated carbocycles. The molecule has 0 unspecified atom stereocenters. The normalized spacial score (nSPS) is 15.7. The van der Waals surface area contributed by atoms with Crippen LogP contribution in [0.5, 0.6) is 0 Å². The number of nitrogens with one attached hydrogen (secondary N) is 1. The molecule has 3 rings (SSSR count). The highest BCUT2D eigenvalue weighted by Crippen LogP contribution is 2.21. The van der Waals surface area contributed by atoms with Crippen LogP contribution in [-0.2, 0) is 6.54 Å². The molecule has 2 aromatic heterocycles. The predicted molar refractivity (Wildman–Crippen MR) is 92.9 cm³/mol. The SMILES string of the molecule is Cc1nc(C(=O)NCc2ccc(N3CCC(C)CC3)nc2)cs1. The van der Waals surface area contributed by atoms with E-state index in [4.69, 9.17) is 0 Å². The lowest BCUT2D eigenvalue weighted by Gasteiger charge is -2.31. The number of thiazole rings is 1. The first-order valence-corrected chi connectivity index (χ1v) is 8.90. The number of amides is 1. The zero-order valence-corrected chi connectivity index (χ0v) is 14.4. The third-order valence-electron chi connectivity index (χ3n) is 4.22. The van der Waals surface area contributed by atoms with Crippen LogP contribution in [0.1, 0.15) is 40.8 Å². The molecule has 0 atom stereocenters. The van der Waals surface area contributed by atoms with Crippen molar-refractivity contribution in [1.29, 1.82) is 0 Å². The maximum Gasteiger partial charge on any atom is 0.271 e. The summed E-state index contributed by atoms with van der Waals surface area (Å²) in [5.41, 5.74) is 1.49. The Bertz CT molecular complexity index is 659. The van der Waals surface area contributed by atoms with Crippen molar-refractivity contribution in [3.05, 3.63) is 40.0 Å². The van der Waals surface area contributed by atoms with Gasteiger partial charge >= 0.3 is 0 Å². The molecule has 0 aromatic carbocycles. The summed E-state index contributed by atoms with van der Waals surface area (Å²) in [6.45, 7) is 6.83. The summed E-state index contributed by atoms with van der Waals surface area (Å²) in [5, 5.41) is 5.57. The molecule has 0 bridgehead atoms. The number of hydrogen-bond donors (Lipinski definition) is 1. The second kappa shape index (κ2) is 7.08. The average Bonchev–Trinajstić information content (AvgIpc) is 3.00. The van der Waals surface area contributed by atoms with Crippen molar-refractivity contribution in [2.24, 2.45) is 5.92 Å². The van der Waals surface area contributed by atoms with Gasteiger partial charge in [-0.2, -0.15) is 0 Å². The van der Waals surface area contributed by atoms with Gasteiger partial charge in [0.15, 0.2) is 0 Å². The molecule has 1 saturated heterocycles. The lowest BCUT2D eigenvalue weighted by Crippen LogP contribution is -2.33. The van der Waals surface area contributed by atoms with E-state index in [0.717, 1.165) is 35.4 Å². The number of carbonyl (C=O) groups is 1. The van der Waals surface area contributed by atoms with Gasteiger partial charge in [0.2, 0.25) is 0 Å². The lowest BCUT2D eigenvalue weighted by molar-refractivity contribution is 0.0946. The summed E-state index contributed by atoms with van der Waals surface area (Å²) in [7, 11) is 0. The largest absolute Gasteiger partial charge is 0.357 e. The van der Waals surface area contributed by atoms with Crippen molar-refractivity contribution in [3.8, 4) is 0 Å². The Labute approximate surface area is 140 Å². The van der Waals surface area contributed by atoms with E-state index >= 15 is 0 Å². The Morgan fingerprint density at radius 2 is 2.17 bits per heavy atom. The Morgan fingerprint density at radius 1 is 1.39 bits per heavy atom. The smallest absolute Gasteiger partial charge is 0.271 e. The molecule has 6 heteroatoms. The Balaban J connectivity index is 1.54. The fourth-order valence-corrected chi connectivity index (χ4v) is 3.28. The van der Waals surface area contributed by atoms with E-state index in [1.807, 2.05) is 25.3 Å². The number of hydrogen-bond acceptors (Lipinski definition) is 5. The molecule has 1 N–H and O–H groups in total.